The predicted octanol–water partition coefficient (Wildman–Crippen LogP) is 3.55. The Morgan fingerprint density at radius 1 is 1.35 bits per heavy atom. The summed E-state index contributed by atoms with van der Waals surface area (Å²) in [5.74, 6) is -1.76. The van der Waals surface area contributed by atoms with Gasteiger partial charge in [0.2, 0.25) is 5.95 Å². The van der Waals surface area contributed by atoms with Crippen molar-refractivity contribution in [2.75, 3.05) is 5.32 Å². The third-order valence-electron chi connectivity index (χ3n) is 4.06. The first-order valence-electron chi connectivity index (χ1n) is 7.80. The van der Waals surface area contributed by atoms with E-state index in [9.17, 15) is 13.6 Å². The van der Waals surface area contributed by atoms with E-state index >= 15 is 0 Å². The maximum absolute atomic E-state index is 14.1. The third kappa shape index (κ3) is 3.72. The number of nitrogens with one attached hydrogen (secondary N) is 1. The van der Waals surface area contributed by atoms with Crippen LogP contribution in [-0.2, 0) is 10.2 Å². The Kier molecular flexibility index (Phi) is 4.99. The maximum Gasteiger partial charge on any atom is 0.258 e. The number of benzene rings is 1. The van der Waals surface area contributed by atoms with Gasteiger partial charge in [0.1, 0.15) is 11.7 Å². The predicted molar refractivity (Wildman–Crippen MR) is 95.9 cm³/mol. The quantitative estimate of drug-likeness (QED) is 0.475. The lowest BCUT2D eigenvalue weighted by Crippen LogP contribution is -2.23. The normalized spacial score (nSPS) is 15.9. The minimum absolute atomic E-state index is 0.0595. The number of amides is 1. The van der Waals surface area contributed by atoms with Gasteiger partial charge in [-0.1, -0.05) is 17.7 Å². The fourth-order valence-electron chi connectivity index (χ4n) is 2.63. The van der Waals surface area contributed by atoms with Gasteiger partial charge in [-0.15, -0.1) is 0 Å². The van der Waals surface area contributed by atoms with Crippen LogP contribution in [0.4, 0.5) is 14.5 Å². The summed E-state index contributed by atoms with van der Waals surface area (Å²) in [5, 5.41) is 2.98. The van der Waals surface area contributed by atoms with Crippen molar-refractivity contribution in [2.24, 2.45) is 10.7 Å². The van der Waals surface area contributed by atoms with E-state index in [0.29, 0.717) is 18.5 Å². The molecule has 1 aliphatic rings. The number of carbonyl (C=O) groups excluding carboxylic acids is 1. The molecular weight excluding hydrogens is 362 g/mol. The molecule has 1 fully saturated rings. The summed E-state index contributed by atoms with van der Waals surface area (Å²) >= 11 is 6.07. The van der Waals surface area contributed by atoms with Gasteiger partial charge in [-0.2, -0.15) is 9.38 Å². The van der Waals surface area contributed by atoms with Crippen LogP contribution in [0.1, 0.15) is 18.4 Å². The molecule has 5 nitrogen and oxygen atoms in total. The maximum atomic E-state index is 14.1. The molecule has 1 amide bonds. The third-order valence-corrected chi connectivity index (χ3v) is 4.38. The van der Waals surface area contributed by atoms with Crippen molar-refractivity contribution in [1.29, 1.82) is 0 Å². The number of carbonyl (C=O) groups is 1. The fraction of sp³-hybridized carbons (Fsp3) is 0.167. The molecule has 0 atom stereocenters. The molecule has 1 saturated carbocycles. The van der Waals surface area contributed by atoms with Gasteiger partial charge in [0.25, 0.3) is 5.91 Å². The average molecular weight is 377 g/mol. The van der Waals surface area contributed by atoms with E-state index in [-0.39, 0.29) is 16.4 Å². The highest BCUT2D eigenvalue weighted by Gasteiger charge is 2.54. The van der Waals surface area contributed by atoms with Gasteiger partial charge in [0.05, 0.1) is 5.41 Å². The lowest BCUT2D eigenvalue weighted by molar-refractivity contribution is -0.120. The van der Waals surface area contributed by atoms with Crippen molar-refractivity contribution in [1.82, 2.24) is 4.98 Å². The van der Waals surface area contributed by atoms with Crippen molar-refractivity contribution in [3.63, 3.8) is 0 Å². The number of hydrogen-bond acceptors (Lipinski definition) is 3. The minimum Gasteiger partial charge on any atom is -0.384 e. The summed E-state index contributed by atoms with van der Waals surface area (Å²) in [4.78, 5) is 19.8. The number of anilines is 1. The number of aromatic nitrogens is 1. The molecule has 26 heavy (non-hydrogen) atoms. The summed E-state index contributed by atoms with van der Waals surface area (Å²) < 4.78 is 27.1. The van der Waals surface area contributed by atoms with Crippen LogP contribution in [0.2, 0.25) is 5.02 Å². The zero-order chi connectivity index (χ0) is 18.7. The largest absolute Gasteiger partial charge is 0.384 e. The second kappa shape index (κ2) is 7.21. The second-order valence-electron chi connectivity index (χ2n) is 5.87. The minimum atomic E-state index is -1.05. The average Bonchev–Trinajstić information content (AvgIpc) is 3.36. The summed E-state index contributed by atoms with van der Waals surface area (Å²) in [6.07, 6.45) is 5.00. The van der Waals surface area contributed by atoms with Crippen molar-refractivity contribution >= 4 is 29.0 Å². The highest BCUT2D eigenvalue weighted by atomic mass is 35.5. The summed E-state index contributed by atoms with van der Waals surface area (Å²) in [6.45, 7) is 0. The van der Waals surface area contributed by atoms with Crippen LogP contribution in [-0.4, -0.2) is 16.7 Å². The molecule has 0 saturated heterocycles. The van der Waals surface area contributed by atoms with Crippen LogP contribution in [0.15, 0.2) is 53.8 Å². The first-order valence-corrected chi connectivity index (χ1v) is 8.18. The molecule has 134 valence electrons. The van der Waals surface area contributed by atoms with Gasteiger partial charge in [0, 0.05) is 34.7 Å². The Hall–Kier alpha value is -2.80. The van der Waals surface area contributed by atoms with Gasteiger partial charge < -0.3 is 11.1 Å². The lowest BCUT2D eigenvalue weighted by atomic mass is 9.94. The second-order valence-corrected chi connectivity index (χ2v) is 6.27. The monoisotopic (exact) mass is 376 g/mol. The standard InChI is InChI=1S/C18H15ClF2N4O/c19-12-2-1-3-13(20)16(12)18(6-7-18)17(26)25-15(22)5-9-23-11-4-8-24-14(21)10-11/h1-5,8-10H,6-7H2,(H,23,24)(H2,22,25,26)/b9-5-. The molecule has 8 heteroatoms. The van der Waals surface area contributed by atoms with E-state index in [4.69, 9.17) is 17.3 Å². The summed E-state index contributed by atoms with van der Waals surface area (Å²) in [7, 11) is 0. The van der Waals surface area contributed by atoms with Crippen molar-refractivity contribution in [2.45, 2.75) is 18.3 Å². The van der Waals surface area contributed by atoms with Crippen LogP contribution in [0.3, 0.4) is 0 Å². The molecule has 0 unspecified atom stereocenters. The number of aliphatic imine (C=N–C) groups is 1. The zero-order valence-electron chi connectivity index (χ0n) is 13.5. The van der Waals surface area contributed by atoms with Crippen molar-refractivity contribution in [3.8, 4) is 0 Å². The Balaban J connectivity index is 1.73. The van der Waals surface area contributed by atoms with Crippen molar-refractivity contribution in [3.05, 3.63) is 71.2 Å². The van der Waals surface area contributed by atoms with E-state index in [1.165, 1.54) is 42.7 Å². The molecular formula is C18H15ClF2N4O. The number of nitrogens with two attached hydrogens (primary N) is 1. The molecule has 0 radical (unpaired) electrons. The first-order chi connectivity index (χ1) is 12.4. The number of hydrogen-bond donors (Lipinski definition) is 2. The van der Waals surface area contributed by atoms with Crippen LogP contribution in [0.5, 0.6) is 0 Å². The number of nitrogens with zero attached hydrogens (tertiary/aromatic N) is 2. The van der Waals surface area contributed by atoms with E-state index in [1.807, 2.05) is 0 Å². The number of rotatable bonds is 5. The van der Waals surface area contributed by atoms with Gasteiger partial charge in [-0.25, -0.2) is 9.37 Å². The summed E-state index contributed by atoms with van der Waals surface area (Å²) in [5.41, 5.74) is 5.31. The number of halogens is 3. The van der Waals surface area contributed by atoms with E-state index in [2.05, 4.69) is 15.3 Å². The smallest absolute Gasteiger partial charge is 0.258 e. The van der Waals surface area contributed by atoms with Gasteiger partial charge >= 0.3 is 0 Å². The highest BCUT2D eigenvalue weighted by molar-refractivity contribution is 6.32. The first kappa shape index (κ1) is 18.0. The van der Waals surface area contributed by atoms with Crippen LogP contribution in [0.25, 0.3) is 0 Å². The van der Waals surface area contributed by atoms with Crippen molar-refractivity contribution < 1.29 is 13.6 Å². The van der Waals surface area contributed by atoms with Crippen LogP contribution in [0, 0.1) is 11.8 Å². The molecule has 3 N–H and O–H groups in total. The lowest BCUT2D eigenvalue weighted by Gasteiger charge is -2.14. The Morgan fingerprint density at radius 2 is 2.12 bits per heavy atom. The Morgan fingerprint density at radius 3 is 2.77 bits per heavy atom. The Labute approximate surface area is 153 Å². The van der Waals surface area contributed by atoms with E-state index in [1.54, 1.807) is 6.07 Å². The fourth-order valence-corrected chi connectivity index (χ4v) is 2.97. The molecule has 0 aliphatic heterocycles. The molecule has 2 aromatic rings. The molecule has 3 rings (SSSR count). The van der Waals surface area contributed by atoms with Crippen LogP contribution >= 0.6 is 11.6 Å². The SMILES string of the molecule is NC(/C=C\Nc1ccnc(F)c1)=NC(=O)C1(c2c(F)cccc2Cl)CC1. The molecule has 0 bridgehead atoms. The molecule has 1 aromatic carbocycles. The molecule has 1 heterocycles. The Bertz CT molecular complexity index is 890. The summed E-state index contributed by atoms with van der Waals surface area (Å²) in [6, 6.07) is 7.04. The molecule has 0 spiro atoms. The van der Waals surface area contributed by atoms with Gasteiger partial charge in [-0.05, 0) is 37.1 Å². The van der Waals surface area contributed by atoms with E-state index in [0.717, 1.165) is 0 Å². The highest BCUT2D eigenvalue weighted by Crippen LogP contribution is 2.52. The number of amidine groups is 1. The van der Waals surface area contributed by atoms with Crippen LogP contribution < -0.4 is 11.1 Å². The molecule has 1 aromatic heterocycles. The molecule has 1 aliphatic carbocycles. The topological polar surface area (TPSA) is 80.4 Å². The van der Waals surface area contributed by atoms with Gasteiger partial charge in [0.15, 0.2) is 0 Å². The van der Waals surface area contributed by atoms with E-state index < -0.39 is 23.1 Å². The number of pyridine rings is 1. The van der Waals surface area contributed by atoms with Gasteiger partial charge in [-0.3, -0.25) is 4.79 Å². The zero-order valence-corrected chi connectivity index (χ0v) is 14.3.